The smallest absolute Gasteiger partial charge is 0.314 e. The average molecular weight is 219 g/mol. The SMILES string of the molecule is NCC(C(=O)OC1CCC1)c1ccccc1. The van der Waals surface area contributed by atoms with Crippen LogP contribution >= 0.6 is 0 Å². The topological polar surface area (TPSA) is 52.3 Å². The van der Waals surface area contributed by atoms with E-state index in [1.165, 1.54) is 0 Å². The Labute approximate surface area is 95.6 Å². The van der Waals surface area contributed by atoms with E-state index in [0.29, 0.717) is 6.54 Å². The van der Waals surface area contributed by atoms with Crippen molar-refractivity contribution in [2.24, 2.45) is 5.73 Å². The maximum atomic E-state index is 11.9. The van der Waals surface area contributed by atoms with Gasteiger partial charge in [-0.3, -0.25) is 4.79 Å². The fraction of sp³-hybridized carbons (Fsp3) is 0.462. The van der Waals surface area contributed by atoms with E-state index in [0.717, 1.165) is 24.8 Å². The van der Waals surface area contributed by atoms with Crippen molar-refractivity contribution >= 4 is 5.97 Å². The molecule has 0 aromatic heterocycles. The second-order valence-corrected chi connectivity index (χ2v) is 4.19. The Kier molecular flexibility index (Phi) is 3.57. The van der Waals surface area contributed by atoms with Crippen LogP contribution in [0, 0.1) is 0 Å². The van der Waals surface area contributed by atoms with Gasteiger partial charge in [-0.1, -0.05) is 30.3 Å². The monoisotopic (exact) mass is 219 g/mol. The van der Waals surface area contributed by atoms with Crippen molar-refractivity contribution in [2.75, 3.05) is 6.54 Å². The third-order valence-corrected chi connectivity index (χ3v) is 3.06. The van der Waals surface area contributed by atoms with Gasteiger partial charge in [-0.25, -0.2) is 0 Å². The summed E-state index contributed by atoms with van der Waals surface area (Å²) in [6, 6.07) is 9.58. The van der Waals surface area contributed by atoms with Crippen molar-refractivity contribution in [1.29, 1.82) is 0 Å². The van der Waals surface area contributed by atoms with Gasteiger partial charge in [-0.2, -0.15) is 0 Å². The second kappa shape index (κ2) is 5.12. The Morgan fingerprint density at radius 2 is 2.06 bits per heavy atom. The summed E-state index contributed by atoms with van der Waals surface area (Å²) in [5, 5.41) is 0. The maximum Gasteiger partial charge on any atom is 0.314 e. The van der Waals surface area contributed by atoms with Gasteiger partial charge < -0.3 is 10.5 Å². The van der Waals surface area contributed by atoms with Crippen LogP contribution in [0.15, 0.2) is 30.3 Å². The molecule has 0 aliphatic heterocycles. The van der Waals surface area contributed by atoms with Crippen molar-refractivity contribution in [3.8, 4) is 0 Å². The number of benzene rings is 1. The van der Waals surface area contributed by atoms with E-state index in [1.807, 2.05) is 30.3 Å². The lowest BCUT2D eigenvalue weighted by molar-refractivity contribution is -0.154. The zero-order valence-electron chi connectivity index (χ0n) is 9.26. The van der Waals surface area contributed by atoms with E-state index < -0.39 is 0 Å². The summed E-state index contributed by atoms with van der Waals surface area (Å²) >= 11 is 0. The number of hydrogen-bond acceptors (Lipinski definition) is 3. The van der Waals surface area contributed by atoms with Crippen LogP contribution in [0.1, 0.15) is 30.7 Å². The maximum absolute atomic E-state index is 11.9. The molecule has 1 aromatic carbocycles. The fourth-order valence-electron chi connectivity index (χ4n) is 1.79. The largest absolute Gasteiger partial charge is 0.462 e. The zero-order chi connectivity index (χ0) is 11.4. The first kappa shape index (κ1) is 11.1. The summed E-state index contributed by atoms with van der Waals surface area (Å²) in [6.45, 7) is 0.301. The lowest BCUT2D eigenvalue weighted by atomic mass is 9.95. The quantitative estimate of drug-likeness (QED) is 0.786. The van der Waals surface area contributed by atoms with Crippen LogP contribution in [0.3, 0.4) is 0 Å². The summed E-state index contributed by atoms with van der Waals surface area (Å²) in [4.78, 5) is 11.9. The number of rotatable bonds is 4. The van der Waals surface area contributed by atoms with Crippen LogP contribution in [0.2, 0.25) is 0 Å². The van der Waals surface area contributed by atoms with Gasteiger partial charge in [0.1, 0.15) is 6.10 Å². The molecule has 1 aromatic rings. The fourth-order valence-corrected chi connectivity index (χ4v) is 1.79. The van der Waals surface area contributed by atoms with Gasteiger partial charge in [0.25, 0.3) is 0 Å². The normalized spacial score (nSPS) is 17.6. The molecule has 16 heavy (non-hydrogen) atoms. The summed E-state index contributed by atoms with van der Waals surface area (Å²) in [5.74, 6) is -0.500. The minimum atomic E-state index is -0.318. The lowest BCUT2D eigenvalue weighted by Gasteiger charge is -2.27. The first-order chi connectivity index (χ1) is 7.81. The van der Waals surface area contributed by atoms with Crippen molar-refractivity contribution in [3.05, 3.63) is 35.9 Å². The molecule has 1 saturated carbocycles. The predicted octanol–water partition coefficient (Wildman–Crippen LogP) is 1.82. The Morgan fingerprint density at radius 3 is 2.56 bits per heavy atom. The van der Waals surface area contributed by atoms with E-state index >= 15 is 0 Å². The molecule has 0 radical (unpaired) electrons. The Hall–Kier alpha value is -1.35. The molecule has 0 saturated heterocycles. The third kappa shape index (κ3) is 2.42. The number of hydrogen-bond donors (Lipinski definition) is 1. The van der Waals surface area contributed by atoms with Gasteiger partial charge in [-0.05, 0) is 24.8 Å². The molecular weight excluding hydrogens is 202 g/mol. The molecule has 1 aliphatic carbocycles. The molecule has 1 atom stereocenters. The van der Waals surface area contributed by atoms with Crippen molar-refractivity contribution in [1.82, 2.24) is 0 Å². The van der Waals surface area contributed by atoms with E-state index in [9.17, 15) is 4.79 Å². The number of esters is 1. The molecule has 1 fully saturated rings. The van der Waals surface area contributed by atoms with E-state index in [1.54, 1.807) is 0 Å². The molecule has 1 aliphatic rings. The van der Waals surface area contributed by atoms with Crippen molar-refractivity contribution in [3.63, 3.8) is 0 Å². The molecule has 0 heterocycles. The van der Waals surface area contributed by atoms with Crippen LogP contribution < -0.4 is 5.73 Å². The summed E-state index contributed by atoms with van der Waals surface area (Å²) in [5.41, 5.74) is 6.58. The van der Waals surface area contributed by atoms with Crippen LogP contribution in [-0.4, -0.2) is 18.6 Å². The molecule has 2 N–H and O–H groups in total. The molecule has 3 nitrogen and oxygen atoms in total. The summed E-state index contributed by atoms with van der Waals surface area (Å²) in [7, 11) is 0. The molecule has 2 rings (SSSR count). The highest BCUT2D eigenvalue weighted by atomic mass is 16.5. The minimum absolute atomic E-state index is 0.130. The average Bonchev–Trinajstić information content (AvgIpc) is 2.26. The van der Waals surface area contributed by atoms with Crippen LogP contribution in [0.5, 0.6) is 0 Å². The highest BCUT2D eigenvalue weighted by molar-refractivity contribution is 5.78. The molecule has 3 heteroatoms. The summed E-state index contributed by atoms with van der Waals surface area (Å²) < 4.78 is 5.37. The Balaban J connectivity index is 2.01. The van der Waals surface area contributed by atoms with Gasteiger partial charge in [0, 0.05) is 6.54 Å². The van der Waals surface area contributed by atoms with Gasteiger partial charge in [0.15, 0.2) is 0 Å². The predicted molar refractivity (Wildman–Crippen MR) is 62.0 cm³/mol. The Bertz CT molecular complexity index is 346. The van der Waals surface area contributed by atoms with E-state index in [-0.39, 0.29) is 18.0 Å². The molecule has 86 valence electrons. The van der Waals surface area contributed by atoms with Gasteiger partial charge in [-0.15, -0.1) is 0 Å². The van der Waals surface area contributed by atoms with Gasteiger partial charge >= 0.3 is 5.97 Å². The molecule has 0 spiro atoms. The minimum Gasteiger partial charge on any atom is -0.462 e. The number of ether oxygens (including phenoxy) is 1. The van der Waals surface area contributed by atoms with Gasteiger partial charge in [0.05, 0.1) is 5.92 Å². The standard InChI is InChI=1S/C13H17NO2/c14-9-12(10-5-2-1-3-6-10)13(15)16-11-7-4-8-11/h1-3,5-6,11-12H,4,7-9,14H2. The van der Waals surface area contributed by atoms with Crippen LogP contribution in [0.25, 0.3) is 0 Å². The lowest BCUT2D eigenvalue weighted by Crippen LogP contribution is -2.31. The number of carbonyl (C=O) groups is 1. The molecule has 1 unspecified atom stereocenters. The molecular formula is C13H17NO2. The highest BCUT2D eigenvalue weighted by Crippen LogP contribution is 2.25. The number of nitrogens with two attached hydrogens (primary N) is 1. The second-order valence-electron chi connectivity index (χ2n) is 4.19. The molecule has 0 bridgehead atoms. The van der Waals surface area contributed by atoms with Crippen molar-refractivity contribution < 1.29 is 9.53 Å². The van der Waals surface area contributed by atoms with E-state index in [2.05, 4.69) is 0 Å². The zero-order valence-corrected chi connectivity index (χ0v) is 9.26. The Morgan fingerprint density at radius 1 is 1.38 bits per heavy atom. The van der Waals surface area contributed by atoms with Gasteiger partial charge in [0.2, 0.25) is 0 Å². The molecule has 0 amide bonds. The third-order valence-electron chi connectivity index (χ3n) is 3.06. The summed E-state index contributed by atoms with van der Waals surface area (Å²) in [6.07, 6.45) is 3.29. The van der Waals surface area contributed by atoms with Crippen LogP contribution in [0.4, 0.5) is 0 Å². The number of carbonyl (C=O) groups excluding carboxylic acids is 1. The van der Waals surface area contributed by atoms with Crippen LogP contribution in [-0.2, 0) is 9.53 Å². The van der Waals surface area contributed by atoms with Crippen molar-refractivity contribution in [2.45, 2.75) is 31.3 Å². The first-order valence-electron chi connectivity index (χ1n) is 5.76. The first-order valence-corrected chi connectivity index (χ1v) is 5.76. The van der Waals surface area contributed by atoms with E-state index in [4.69, 9.17) is 10.5 Å². The highest BCUT2D eigenvalue weighted by Gasteiger charge is 2.26.